The first-order valence-corrected chi connectivity index (χ1v) is 7.44. The molecular formula is C11H16N4S2. The van der Waals surface area contributed by atoms with Crippen molar-refractivity contribution in [1.29, 1.82) is 0 Å². The number of nitrogens with one attached hydrogen (secondary N) is 1. The standard InChI is InChI=1S/C11H16N4S2/c1-3-4-5-10-14-15-11(17-10)12-6-9-8(2)13-7-16-9/h7H,3-6H2,1-2H3,(H,12,15). The first-order valence-electron chi connectivity index (χ1n) is 5.74. The summed E-state index contributed by atoms with van der Waals surface area (Å²) in [5, 5.41) is 13.6. The molecule has 0 saturated heterocycles. The normalized spacial score (nSPS) is 10.7. The van der Waals surface area contributed by atoms with Crippen LogP contribution in [0.5, 0.6) is 0 Å². The minimum Gasteiger partial charge on any atom is -0.355 e. The Morgan fingerprint density at radius 2 is 2.24 bits per heavy atom. The van der Waals surface area contributed by atoms with Crippen molar-refractivity contribution in [3.8, 4) is 0 Å². The van der Waals surface area contributed by atoms with E-state index in [2.05, 4.69) is 27.4 Å². The molecule has 4 nitrogen and oxygen atoms in total. The van der Waals surface area contributed by atoms with Crippen LogP contribution < -0.4 is 5.32 Å². The lowest BCUT2D eigenvalue weighted by Crippen LogP contribution is -1.98. The third-order valence-corrected chi connectivity index (χ3v) is 4.33. The van der Waals surface area contributed by atoms with Gasteiger partial charge in [0.05, 0.1) is 17.7 Å². The number of aryl methyl sites for hydroxylation is 2. The van der Waals surface area contributed by atoms with Gasteiger partial charge >= 0.3 is 0 Å². The van der Waals surface area contributed by atoms with Crippen molar-refractivity contribution in [2.24, 2.45) is 0 Å². The Balaban J connectivity index is 1.87. The highest BCUT2D eigenvalue weighted by molar-refractivity contribution is 7.15. The third kappa shape index (κ3) is 3.47. The Bertz CT molecular complexity index is 463. The number of thiazole rings is 1. The van der Waals surface area contributed by atoms with Crippen LogP contribution in [-0.4, -0.2) is 15.2 Å². The number of aromatic nitrogens is 3. The van der Waals surface area contributed by atoms with Gasteiger partial charge in [-0.15, -0.1) is 21.5 Å². The summed E-state index contributed by atoms with van der Waals surface area (Å²) in [4.78, 5) is 5.48. The summed E-state index contributed by atoms with van der Waals surface area (Å²) in [7, 11) is 0. The van der Waals surface area contributed by atoms with Gasteiger partial charge in [-0.3, -0.25) is 0 Å². The van der Waals surface area contributed by atoms with E-state index in [1.807, 2.05) is 12.4 Å². The lowest BCUT2D eigenvalue weighted by Gasteiger charge is -1.99. The van der Waals surface area contributed by atoms with Gasteiger partial charge in [0.1, 0.15) is 5.01 Å². The summed E-state index contributed by atoms with van der Waals surface area (Å²) in [6.45, 7) is 5.01. The number of nitrogens with zero attached hydrogens (tertiary/aromatic N) is 3. The molecule has 0 aliphatic carbocycles. The predicted octanol–water partition coefficient (Wildman–Crippen LogP) is 3.26. The van der Waals surface area contributed by atoms with Crippen LogP contribution in [0, 0.1) is 6.92 Å². The van der Waals surface area contributed by atoms with E-state index in [9.17, 15) is 0 Å². The zero-order chi connectivity index (χ0) is 12.1. The molecule has 0 aromatic carbocycles. The van der Waals surface area contributed by atoms with E-state index in [4.69, 9.17) is 0 Å². The monoisotopic (exact) mass is 268 g/mol. The largest absolute Gasteiger partial charge is 0.355 e. The molecule has 0 unspecified atom stereocenters. The summed E-state index contributed by atoms with van der Waals surface area (Å²) < 4.78 is 0. The second-order valence-electron chi connectivity index (χ2n) is 3.82. The molecule has 0 spiro atoms. The van der Waals surface area contributed by atoms with Crippen LogP contribution in [0.4, 0.5) is 5.13 Å². The molecule has 92 valence electrons. The summed E-state index contributed by atoms with van der Waals surface area (Å²) in [5.74, 6) is 0. The highest BCUT2D eigenvalue weighted by atomic mass is 32.1. The summed E-state index contributed by atoms with van der Waals surface area (Å²) in [6, 6.07) is 0. The first-order chi connectivity index (χ1) is 8.29. The molecule has 0 atom stereocenters. The number of anilines is 1. The summed E-state index contributed by atoms with van der Waals surface area (Å²) in [5.41, 5.74) is 2.97. The highest BCUT2D eigenvalue weighted by Crippen LogP contribution is 2.19. The van der Waals surface area contributed by atoms with Crippen LogP contribution in [0.3, 0.4) is 0 Å². The fourth-order valence-corrected chi connectivity index (χ4v) is 2.90. The first kappa shape index (κ1) is 12.4. The van der Waals surface area contributed by atoms with Crippen LogP contribution in [0.15, 0.2) is 5.51 Å². The molecule has 2 aromatic rings. The van der Waals surface area contributed by atoms with Crippen LogP contribution in [-0.2, 0) is 13.0 Å². The minimum atomic E-state index is 0.791. The van der Waals surface area contributed by atoms with Crippen molar-refractivity contribution < 1.29 is 0 Å². The summed E-state index contributed by atoms with van der Waals surface area (Å²) >= 11 is 3.32. The van der Waals surface area contributed by atoms with E-state index in [1.54, 1.807) is 22.7 Å². The number of hydrogen-bond donors (Lipinski definition) is 1. The van der Waals surface area contributed by atoms with Gasteiger partial charge in [-0.1, -0.05) is 24.7 Å². The molecule has 0 amide bonds. The molecule has 0 saturated carbocycles. The lowest BCUT2D eigenvalue weighted by molar-refractivity contribution is 0.779. The van der Waals surface area contributed by atoms with Gasteiger partial charge in [0, 0.05) is 11.3 Å². The predicted molar refractivity (Wildman–Crippen MR) is 72.7 cm³/mol. The van der Waals surface area contributed by atoms with Crippen molar-refractivity contribution >= 4 is 27.8 Å². The Morgan fingerprint density at radius 3 is 2.94 bits per heavy atom. The van der Waals surface area contributed by atoms with Gasteiger partial charge in [-0.2, -0.15) is 0 Å². The smallest absolute Gasteiger partial charge is 0.205 e. The maximum atomic E-state index is 4.22. The van der Waals surface area contributed by atoms with Crippen molar-refractivity contribution in [3.63, 3.8) is 0 Å². The van der Waals surface area contributed by atoms with E-state index >= 15 is 0 Å². The van der Waals surface area contributed by atoms with Gasteiger partial charge in [0.2, 0.25) is 5.13 Å². The molecule has 2 heterocycles. The van der Waals surface area contributed by atoms with Gasteiger partial charge in [0.25, 0.3) is 0 Å². The van der Waals surface area contributed by atoms with Gasteiger partial charge in [-0.25, -0.2) is 4.98 Å². The minimum absolute atomic E-state index is 0.791. The Labute approximate surface area is 109 Å². The van der Waals surface area contributed by atoms with Crippen LogP contribution in [0.1, 0.15) is 35.3 Å². The van der Waals surface area contributed by atoms with E-state index in [-0.39, 0.29) is 0 Å². The Kier molecular flexibility index (Phi) is 4.44. The van der Waals surface area contributed by atoms with E-state index in [0.717, 1.165) is 28.8 Å². The van der Waals surface area contributed by atoms with Crippen LogP contribution >= 0.6 is 22.7 Å². The van der Waals surface area contributed by atoms with Gasteiger partial charge < -0.3 is 5.32 Å². The highest BCUT2D eigenvalue weighted by Gasteiger charge is 2.05. The van der Waals surface area contributed by atoms with Gasteiger partial charge in [0.15, 0.2) is 0 Å². The molecular weight excluding hydrogens is 252 g/mol. The van der Waals surface area contributed by atoms with E-state index in [0.29, 0.717) is 0 Å². The molecule has 2 rings (SSSR count). The second-order valence-corrected chi connectivity index (χ2v) is 5.82. The average molecular weight is 268 g/mol. The zero-order valence-corrected chi connectivity index (χ0v) is 11.7. The van der Waals surface area contributed by atoms with E-state index in [1.165, 1.54) is 17.7 Å². The quantitative estimate of drug-likeness (QED) is 0.873. The Hall–Kier alpha value is -1.01. The average Bonchev–Trinajstić information content (AvgIpc) is 2.93. The van der Waals surface area contributed by atoms with Crippen molar-refractivity contribution in [2.75, 3.05) is 5.32 Å². The molecule has 0 aliphatic rings. The fourth-order valence-electron chi connectivity index (χ4n) is 1.41. The maximum absolute atomic E-state index is 4.22. The molecule has 1 N–H and O–H groups in total. The molecule has 2 aromatic heterocycles. The third-order valence-electron chi connectivity index (χ3n) is 2.46. The number of unbranched alkanes of at least 4 members (excludes halogenated alkanes) is 1. The second kappa shape index (κ2) is 6.07. The van der Waals surface area contributed by atoms with Crippen molar-refractivity contribution in [2.45, 2.75) is 39.7 Å². The van der Waals surface area contributed by atoms with Crippen molar-refractivity contribution in [3.05, 3.63) is 21.1 Å². The molecule has 0 radical (unpaired) electrons. The molecule has 17 heavy (non-hydrogen) atoms. The van der Waals surface area contributed by atoms with Gasteiger partial charge in [-0.05, 0) is 13.3 Å². The molecule has 0 aliphatic heterocycles. The number of hydrogen-bond acceptors (Lipinski definition) is 6. The maximum Gasteiger partial charge on any atom is 0.205 e. The summed E-state index contributed by atoms with van der Waals surface area (Å²) in [6.07, 6.45) is 3.42. The molecule has 0 fully saturated rings. The molecule has 6 heteroatoms. The topological polar surface area (TPSA) is 50.7 Å². The fraction of sp³-hybridized carbons (Fsp3) is 0.545. The molecule has 0 bridgehead atoms. The number of rotatable bonds is 6. The van der Waals surface area contributed by atoms with Crippen LogP contribution in [0.2, 0.25) is 0 Å². The zero-order valence-electron chi connectivity index (χ0n) is 10.1. The SMILES string of the molecule is CCCCc1nnc(NCc2scnc2C)s1. The lowest BCUT2D eigenvalue weighted by atomic mass is 10.3. The van der Waals surface area contributed by atoms with Crippen LogP contribution in [0.25, 0.3) is 0 Å². The van der Waals surface area contributed by atoms with Crippen molar-refractivity contribution in [1.82, 2.24) is 15.2 Å². The van der Waals surface area contributed by atoms with E-state index < -0.39 is 0 Å². The Morgan fingerprint density at radius 1 is 1.35 bits per heavy atom.